The van der Waals surface area contributed by atoms with Gasteiger partial charge in [0, 0.05) is 0 Å². The molecule has 0 saturated carbocycles. The third-order valence-corrected chi connectivity index (χ3v) is 4.37. The lowest BCUT2D eigenvalue weighted by Gasteiger charge is -2.15. The number of aryl methyl sites for hydroxylation is 1. The van der Waals surface area contributed by atoms with E-state index in [1.165, 1.54) is 10.7 Å². The molecule has 3 rings (SSSR count). The molecule has 0 fully saturated rings. The van der Waals surface area contributed by atoms with Gasteiger partial charge in [0.15, 0.2) is 5.69 Å². The summed E-state index contributed by atoms with van der Waals surface area (Å²) in [5, 5.41) is 10.4. The lowest BCUT2D eigenvalue weighted by atomic mass is 10.1. The van der Waals surface area contributed by atoms with Gasteiger partial charge < -0.3 is 10.1 Å². The Hall–Kier alpha value is -3.36. The molecule has 0 spiro atoms. The van der Waals surface area contributed by atoms with Crippen LogP contribution >= 0.6 is 0 Å². The maximum atomic E-state index is 13.1. The first-order chi connectivity index (χ1) is 14.2. The molecule has 0 atom stereocenters. The van der Waals surface area contributed by atoms with Crippen LogP contribution in [0.25, 0.3) is 5.69 Å². The number of hydrogen-bond acceptors (Lipinski definition) is 4. The van der Waals surface area contributed by atoms with Crippen LogP contribution in [0.5, 0.6) is 5.75 Å². The van der Waals surface area contributed by atoms with Crippen molar-refractivity contribution >= 4 is 11.6 Å². The fourth-order valence-corrected chi connectivity index (χ4v) is 2.87. The van der Waals surface area contributed by atoms with Crippen LogP contribution in [0.3, 0.4) is 0 Å². The number of halogens is 3. The van der Waals surface area contributed by atoms with E-state index in [0.717, 1.165) is 23.4 Å². The number of rotatable bonds is 6. The number of aromatic nitrogens is 3. The highest BCUT2D eigenvalue weighted by atomic mass is 19.4. The van der Waals surface area contributed by atoms with E-state index in [0.29, 0.717) is 18.7 Å². The van der Waals surface area contributed by atoms with Gasteiger partial charge >= 0.3 is 6.18 Å². The van der Waals surface area contributed by atoms with Crippen molar-refractivity contribution in [3.05, 3.63) is 65.0 Å². The minimum Gasteiger partial charge on any atom is -0.491 e. The number of anilines is 1. The summed E-state index contributed by atoms with van der Waals surface area (Å²) >= 11 is 0. The minimum atomic E-state index is -4.55. The van der Waals surface area contributed by atoms with Gasteiger partial charge in [-0.3, -0.25) is 4.79 Å². The van der Waals surface area contributed by atoms with E-state index in [1.807, 2.05) is 38.1 Å². The molecule has 0 aliphatic heterocycles. The number of hydrogen-bond donors (Lipinski definition) is 1. The van der Waals surface area contributed by atoms with Gasteiger partial charge in [-0.1, -0.05) is 24.3 Å². The predicted octanol–water partition coefficient (Wildman–Crippen LogP) is 4.94. The topological polar surface area (TPSA) is 69.0 Å². The van der Waals surface area contributed by atoms with Crippen molar-refractivity contribution in [3.63, 3.8) is 0 Å². The molecule has 9 heteroatoms. The van der Waals surface area contributed by atoms with Crippen LogP contribution in [0.15, 0.2) is 42.5 Å². The van der Waals surface area contributed by atoms with E-state index in [9.17, 15) is 18.0 Å². The number of benzene rings is 2. The lowest BCUT2D eigenvalue weighted by Crippen LogP contribution is -2.16. The molecule has 3 aromatic rings. The monoisotopic (exact) mass is 418 g/mol. The van der Waals surface area contributed by atoms with Gasteiger partial charge in [-0.25, -0.2) is 4.68 Å². The molecule has 1 N–H and O–H groups in total. The molecule has 30 heavy (non-hydrogen) atoms. The number of carbonyl (C=O) groups excluding carboxylic acids is 1. The average Bonchev–Trinajstić information content (AvgIpc) is 3.07. The summed E-state index contributed by atoms with van der Waals surface area (Å²) < 4.78 is 46.3. The molecule has 158 valence electrons. The molecule has 0 saturated heterocycles. The Labute approximate surface area is 171 Å². The fraction of sp³-hybridized carbons (Fsp3) is 0.286. The first kappa shape index (κ1) is 21.4. The van der Waals surface area contributed by atoms with Gasteiger partial charge in [-0.2, -0.15) is 13.2 Å². The van der Waals surface area contributed by atoms with Gasteiger partial charge in [0.2, 0.25) is 0 Å². The highest BCUT2D eigenvalue weighted by Gasteiger charge is 2.31. The summed E-state index contributed by atoms with van der Waals surface area (Å²) in [7, 11) is 0. The van der Waals surface area contributed by atoms with Crippen molar-refractivity contribution < 1.29 is 22.7 Å². The Morgan fingerprint density at radius 2 is 1.93 bits per heavy atom. The maximum absolute atomic E-state index is 13.1. The van der Waals surface area contributed by atoms with Crippen molar-refractivity contribution in [1.82, 2.24) is 15.0 Å². The fourth-order valence-electron chi connectivity index (χ4n) is 2.87. The van der Waals surface area contributed by atoms with Gasteiger partial charge in [0.25, 0.3) is 5.91 Å². The molecular formula is C21H21F3N4O2. The Kier molecular flexibility index (Phi) is 6.09. The first-order valence-corrected chi connectivity index (χ1v) is 9.35. The molecule has 1 amide bonds. The normalized spacial score (nSPS) is 11.4. The van der Waals surface area contributed by atoms with Crippen LogP contribution in [0.2, 0.25) is 0 Å². The standard InChI is InChI=1S/C21H21F3N4O2/c1-4-10-30-18-9-8-15(21(22,23)24)12-17(18)25-20(29)19-14(3)28(27-26-19)16-7-5-6-13(2)11-16/h5-9,11-12H,4,10H2,1-3H3,(H,25,29). The SMILES string of the molecule is CCCOc1ccc(C(F)(F)F)cc1NC(=O)c1nnn(-c2cccc(C)c2)c1C. The Morgan fingerprint density at radius 1 is 1.17 bits per heavy atom. The second-order valence-electron chi connectivity index (χ2n) is 6.79. The minimum absolute atomic E-state index is 0.00959. The summed E-state index contributed by atoms with van der Waals surface area (Å²) in [4.78, 5) is 12.8. The molecule has 0 bridgehead atoms. The van der Waals surface area contributed by atoms with Crippen LogP contribution in [-0.2, 0) is 6.18 Å². The molecular weight excluding hydrogens is 397 g/mol. The average molecular weight is 418 g/mol. The van der Waals surface area contributed by atoms with E-state index >= 15 is 0 Å². The molecule has 6 nitrogen and oxygen atoms in total. The number of nitrogens with one attached hydrogen (secondary N) is 1. The van der Waals surface area contributed by atoms with Gasteiger partial charge in [0.1, 0.15) is 5.75 Å². The van der Waals surface area contributed by atoms with Crippen LogP contribution in [0, 0.1) is 13.8 Å². The van der Waals surface area contributed by atoms with Crippen LogP contribution in [0.4, 0.5) is 18.9 Å². The summed E-state index contributed by atoms with van der Waals surface area (Å²) in [6.07, 6.45) is -3.88. The second kappa shape index (κ2) is 8.56. The van der Waals surface area contributed by atoms with Crippen molar-refractivity contribution in [2.45, 2.75) is 33.4 Å². The van der Waals surface area contributed by atoms with Crippen LogP contribution in [0.1, 0.15) is 40.7 Å². The molecule has 2 aromatic carbocycles. The van der Waals surface area contributed by atoms with E-state index < -0.39 is 17.6 Å². The molecule has 0 unspecified atom stereocenters. The second-order valence-corrected chi connectivity index (χ2v) is 6.79. The summed E-state index contributed by atoms with van der Waals surface area (Å²) in [6, 6.07) is 10.4. The molecule has 0 aliphatic rings. The van der Waals surface area contributed by atoms with Crippen LogP contribution < -0.4 is 10.1 Å². The number of ether oxygens (including phenoxy) is 1. The number of amides is 1. The van der Waals surface area contributed by atoms with E-state index in [1.54, 1.807) is 6.92 Å². The van der Waals surface area contributed by atoms with Crippen LogP contribution in [-0.4, -0.2) is 27.5 Å². The first-order valence-electron chi connectivity index (χ1n) is 9.35. The van der Waals surface area contributed by atoms with E-state index in [-0.39, 0.29) is 17.1 Å². The van der Waals surface area contributed by atoms with Crippen molar-refractivity contribution in [2.75, 3.05) is 11.9 Å². The summed E-state index contributed by atoms with van der Waals surface area (Å²) in [5.74, 6) is -0.519. The zero-order valence-electron chi connectivity index (χ0n) is 16.7. The highest BCUT2D eigenvalue weighted by Crippen LogP contribution is 2.35. The largest absolute Gasteiger partial charge is 0.491 e. The maximum Gasteiger partial charge on any atom is 0.416 e. The van der Waals surface area contributed by atoms with Crippen molar-refractivity contribution in [3.8, 4) is 11.4 Å². The summed E-state index contributed by atoms with van der Waals surface area (Å²) in [6.45, 7) is 5.76. The van der Waals surface area contributed by atoms with E-state index in [4.69, 9.17) is 4.74 Å². The zero-order chi connectivity index (χ0) is 21.9. The Balaban J connectivity index is 1.92. The van der Waals surface area contributed by atoms with Crippen molar-refractivity contribution in [2.24, 2.45) is 0 Å². The Morgan fingerprint density at radius 3 is 2.60 bits per heavy atom. The predicted molar refractivity (Wildman–Crippen MR) is 106 cm³/mol. The quantitative estimate of drug-likeness (QED) is 0.615. The third kappa shape index (κ3) is 4.61. The molecule has 0 radical (unpaired) electrons. The lowest BCUT2D eigenvalue weighted by molar-refractivity contribution is -0.137. The van der Waals surface area contributed by atoms with E-state index in [2.05, 4.69) is 15.6 Å². The van der Waals surface area contributed by atoms with Gasteiger partial charge in [0.05, 0.1) is 29.2 Å². The smallest absolute Gasteiger partial charge is 0.416 e. The molecule has 1 aromatic heterocycles. The van der Waals surface area contributed by atoms with Crippen molar-refractivity contribution in [1.29, 1.82) is 0 Å². The van der Waals surface area contributed by atoms with Gasteiger partial charge in [-0.15, -0.1) is 5.10 Å². The number of carbonyl (C=O) groups is 1. The number of alkyl halides is 3. The summed E-state index contributed by atoms with van der Waals surface area (Å²) in [5.41, 5.74) is 1.24. The molecule has 0 aliphatic carbocycles. The highest BCUT2D eigenvalue weighted by molar-refractivity contribution is 6.04. The number of nitrogens with zero attached hydrogens (tertiary/aromatic N) is 3. The molecule has 1 heterocycles. The van der Waals surface area contributed by atoms with Gasteiger partial charge in [-0.05, 0) is 56.2 Å². The Bertz CT molecular complexity index is 1060. The third-order valence-electron chi connectivity index (χ3n) is 4.37. The zero-order valence-corrected chi connectivity index (χ0v) is 16.7.